The maximum Gasteiger partial charge on any atom is 0.294 e. The number of hydrogen-bond donors (Lipinski definition) is 2. The lowest BCUT2D eigenvalue weighted by atomic mass is 10.7. The molecule has 0 aromatic rings. The predicted octanol–water partition coefficient (Wildman–Crippen LogP) is -0.638. The smallest absolute Gasteiger partial charge is 0.294 e. The number of carbonyl (C=O) groups is 1. The molecule has 6 heavy (non-hydrogen) atoms. The van der Waals surface area contributed by atoms with Gasteiger partial charge in [0.25, 0.3) is 5.91 Å². The molecule has 0 bridgehead atoms. The molecule has 0 unspecified atom stereocenters. The van der Waals surface area contributed by atoms with Crippen LogP contribution in [0.3, 0.4) is 0 Å². The molecule has 0 radical (unpaired) electrons. The van der Waals surface area contributed by atoms with Crippen LogP contribution >= 0.6 is 12.6 Å². The fourth-order valence-corrected chi connectivity index (χ4v) is 0.165. The summed E-state index contributed by atoms with van der Waals surface area (Å²) < 4.78 is 0. The Hall–Kier alpha value is -0.620. The van der Waals surface area contributed by atoms with Crippen LogP contribution in [-0.2, 0) is 4.79 Å². The summed E-state index contributed by atoms with van der Waals surface area (Å²) in [6.07, 6.45) is 0. The van der Waals surface area contributed by atoms with Crippen LogP contribution in [0, 0.1) is 11.2 Å². The Morgan fingerprint density at radius 3 is 2.33 bits per heavy atom. The van der Waals surface area contributed by atoms with Gasteiger partial charge in [0, 0.05) is 5.92 Å². The zero-order valence-electron chi connectivity index (χ0n) is 2.93. The molecule has 2 N–H and O–H groups in total. The first-order valence-electron chi connectivity index (χ1n) is 1.22. The monoisotopic (exact) mass is 101 g/mol. The van der Waals surface area contributed by atoms with Gasteiger partial charge in [0.1, 0.15) is 0 Å². The van der Waals surface area contributed by atoms with Gasteiger partial charge in [-0.25, -0.2) is 0 Å². The second-order valence-corrected chi connectivity index (χ2v) is 0.825. The molecule has 32 valence electrons. The van der Waals surface area contributed by atoms with Crippen molar-refractivity contribution in [3.05, 3.63) is 0 Å². The number of carbonyl (C=O) groups excluding carboxylic acids is 1. The maximum absolute atomic E-state index is 9.60. The van der Waals surface area contributed by atoms with Gasteiger partial charge in [-0.2, -0.15) is 0 Å². The van der Waals surface area contributed by atoms with Crippen molar-refractivity contribution in [3.63, 3.8) is 0 Å². The van der Waals surface area contributed by atoms with Crippen LogP contribution in [0.1, 0.15) is 0 Å². The maximum atomic E-state index is 9.60. The van der Waals surface area contributed by atoms with E-state index in [-0.39, 0.29) is 0 Å². The van der Waals surface area contributed by atoms with E-state index in [0.29, 0.717) is 0 Å². The van der Waals surface area contributed by atoms with E-state index in [2.05, 4.69) is 18.4 Å². The van der Waals surface area contributed by atoms with Gasteiger partial charge in [-0.1, -0.05) is 12.6 Å². The fraction of sp³-hybridized carbons (Fsp3) is 0. The average molecular weight is 101 g/mol. The van der Waals surface area contributed by atoms with Crippen LogP contribution in [0.15, 0.2) is 0 Å². The van der Waals surface area contributed by atoms with E-state index >= 15 is 0 Å². The standard InChI is InChI=1S/C3H3NOS/c4-3(5)1-2-6/h6H,(H2,4,5). The van der Waals surface area contributed by atoms with E-state index < -0.39 is 5.91 Å². The van der Waals surface area contributed by atoms with Crippen molar-refractivity contribution >= 4 is 18.5 Å². The van der Waals surface area contributed by atoms with Crippen LogP contribution in [-0.4, -0.2) is 5.91 Å². The molecule has 0 spiro atoms. The largest absolute Gasteiger partial charge is 0.359 e. The number of rotatable bonds is 0. The summed E-state index contributed by atoms with van der Waals surface area (Å²) in [4.78, 5) is 9.60. The molecule has 0 rings (SSSR count). The minimum absolute atomic E-state index is 0.648. The van der Waals surface area contributed by atoms with Gasteiger partial charge in [0.05, 0.1) is 0 Å². The number of amides is 1. The minimum atomic E-state index is -0.648. The van der Waals surface area contributed by atoms with Crippen LogP contribution in [0.4, 0.5) is 0 Å². The van der Waals surface area contributed by atoms with E-state index in [9.17, 15) is 4.79 Å². The van der Waals surface area contributed by atoms with Crippen molar-refractivity contribution in [3.8, 4) is 11.2 Å². The van der Waals surface area contributed by atoms with Gasteiger partial charge in [-0.05, 0) is 5.25 Å². The number of hydrogen-bond acceptors (Lipinski definition) is 2. The highest BCUT2D eigenvalue weighted by Crippen LogP contribution is 1.57. The topological polar surface area (TPSA) is 43.1 Å². The third kappa shape index (κ3) is 3.38. The van der Waals surface area contributed by atoms with Gasteiger partial charge in [0.15, 0.2) is 0 Å². The number of nitrogens with two attached hydrogens (primary N) is 1. The molecule has 2 nitrogen and oxygen atoms in total. The van der Waals surface area contributed by atoms with Crippen molar-refractivity contribution in [2.75, 3.05) is 0 Å². The molecule has 0 fully saturated rings. The van der Waals surface area contributed by atoms with Crippen molar-refractivity contribution in [2.45, 2.75) is 0 Å². The molecule has 0 saturated carbocycles. The summed E-state index contributed by atoms with van der Waals surface area (Å²) in [6, 6.07) is 0. The summed E-state index contributed by atoms with van der Waals surface area (Å²) in [5, 5.41) is 2.04. The molecule has 0 atom stereocenters. The van der Waals surface area contributed by atoms with Gasteiger partial charge < -0.3 is 5.73 Å². The molecule has 0 saturated heterocycles. The first-order chi connectivity index (χ1) is 2.77. The molecule has 1 amide bonds. The molecular formula is C3H3NOS. The molecule has 0 aliphatic rings. The first kappa shape index (κ1) is 5.38. The summed E-state index contributed by atoms with van der Waals surface area (Å²) in [5.41, 5.74) is 4.54. The number of thiol groups is 1. The van der Waals surface area contributed by atoms with Crippen LogP contribution in [0.25, 0.3) is 0 Å². The van der Waals surface area contributed by atoms with E-state index in [0.717, 1.165) is 0 Å². The second-order valence-electron chi connectivity index (χ2n) is 0.601. The van der Waals surface area contributed by atoms with Crippen molar-refractivity contribution in [2.24, 2.45) is 5.73 Å². The average Bonchev–Trinajstić information content (AvgIpc) is 1.35. The van der Waals surface area contributed by atoms with Crippen molar-refractivity contribution in [1.29, 1.82) is 0 Å². The highest BCUT2D eigenvalue weighted by atomic mass is 32.1. The second kappa shape index (κ2) is 2.61. The molecule has 0 heterocycles. The predicted molar refractivity (Wildman–Crippen MR) is 26.0 cm³/mol. The zero-order valence-corrected chi connectivity index (χ0v) is 3.83. The van der Waals surface area contributed by atoms with Crippen LogP contribution in [0.2, 0.25) is 0 Å². The highest BCUT2D eigenvalue weighted by Gasteiger charge is 1.72. The quantitative estimate of drug-likeness (QED) is 0.309. The fourth-order valence-electron chi connectivity index (χ4n) is 0.0551. The Balaban J connectivity index is 3.50. The van der Waals surface area contributed by atoms with Crippen LogP contribution in [0.5, 0.6) is 0 Å². The lowest BCUT2D eigenvalue weighted by Crippen LogP contribution is -2.05. The lowest BCUT2D eigenvalue weighted by Gasteiger charge is -1.63. The molecule has 3 heteroatoms. The zero-order chi connectivity index (χ0) is 4.99. The third-order valence-corrected chi connectivity index (χ3v) is 0.291. The summed E-state index contributed by atoms with van der Waals surface area (Å²) >= 11 is 3.40. The Morgan fingerprint density at radius 2 is 2.33 bits per heavy atom. The van der Waals surface area contributed by atoms with Crippen molar-refractivity contribution < 1.29 is 4.79 Å². The van der Waals surface area contributed by atoms with Gasteiger partial charge in [-0.15, -0.1) is 0 Å². The Labute approximate surface area is 41.1 Å². The van der Waals surface area contributed by atoms with E-state index in [4.69, 9.17) is 0 Å². The number of primary amides is 1. The lowest BCUT2D eigenvalue weighted by molar-refractivity contribution is -0.112. The van der Waals surface area contributed by atoms with Gasteiger partial charge >= 0.3 is 0 Å². The van der Waals surface area contributed by atoms with Gasteiger partial charge in [0.2, 0.25) is 0 Å². The van der Waals surface area contributed by atoms with E-state index in [1.165, 1.54) is 0 Å². The molecule has 0 aromatic carbocycles. The molecular weight excluding hydrogens is 98.1 g/mol. The molecule has 0 aliphatic carbocycles. The van der Waals surface area contributed by atoms with Crippen LogP contribution < -0.4 is 5.73 Å². The Morgan fingerprint density at radius 1 is 1.83 bits per heavy atom. The molecule has 0 aliphatic heterocycles. The Kier molecular flexibility index (Phi) is 2.34. The third-order valence-electron chi connectivity index (χ3n) is 0.179. The van der Waals surface area contributed by atoms with Crippen molar-refractivity contribution in [1.82, 2.24) is 0 Å². The normalized spacial score (nSPS) is 5.50. The SMILES string of the molecule is NC(=O)C#CS. The highest BCUT2D eigenvalue weighted by molar-refractivity contribution is 7.85. The first-order valence-corrected chi connectivity index (χ1v) is 1.66. The molecule has 0 aromatic heterocycles. The van der Waals surface area contributed by atoms with E-state index in [1.54, 1.807) is 0 Å². The Bertz CT molecular complexity index is 110. The minimum Gasteiger partial charge on any atom is -0.359 e. The van der Waals surface area contributed by atoms with E-state index in [1.807, 2.05) is 11.2 Å². The van der Waals surface area contributed by atoms with Gasteiger partial charge in [-0.3, -0.25) is 4.79 Å². The summed E-state index contributed by atoms with van der Waals surface area (Å²) in [5.74, 6) is 1.31. The summed E-state index contributed by atoms with van der Waals surface area (Å²) in [7, 11) is 0. The summed E-state index contributed by atoms with van der Waals surface area (Å²) in [6.45, 7) is 0.